The van der Waals surface area contributed by atoms with Crippen LogP contribution in [0.3, 0.4) is 0 Å². The van der Waals surface area contributed by atoms with Gasteiger partial charge in [0.15, 0.2) is 0 Å². The van der Waals surface area contributed by atoms with E-state index in [1.54, 1.807) is 12.1 Å². The van der Waals surface area contributed by atoms with Gasteiger partial charge in [-0.2, -0.15) is 0 Å². The topological polar surface area (TPSA) is 110 Å². The zero-order chi connectivity index (χ0) is 16.9. The van der Waals surface area contributed by atoms with Crippen LogP contribution in [-0.2, 0) is 4.79 Å². The van der Waals surface area contributed by atoms with Crippen molar-refractivity contribution in [2.75, 3.05) is 18.4 Å². The summed E-state index contributed by atoms with van der Waals surface area (Å²) in [6, 6.07) is 5.08. The number of hydrogen-bond acceptors (Lipinski definition) is 5. The van der Waals surface area contributed by atoms with Crippen LogP contribution in [0.1, 0.15) is 37.7 Å². The molecule has 7 nitrogen and oxygen atoms in total. The zero-order valence-corrected chi connectivity index (χ0v) is 14.7. The zero-order valence-electron chi connectivity index (χ0n) is 13.8. The fourth-order valence-corrected chi connectivity index (χ4v) is 2.86. The number of carbonyl (C=O) groups excluding carboxylic acids is 1. The lowest BCUT2D eigenvalue weighted by molar-refractivity contribution is -0.384. The Morgan fingerprint density at radius 2 is 2.00 bits per heavy atom. The van der Waals surface area contributed by atoms with Crippen molar-refractivity contribution in [1.82, 2.24) is 5.32 Å². The number of rotatable bonds is 7. The van der Waals surface area contributed by atoms with E-state index in [0.29, 0.717) is 25.2 Å². The molecule has 134 valence electrons. The van der Waals surface area contributed by atoms with E-state index in [4.69, 9.17) is 5.73 Å². The molecule has 0 atom stereocenters. The maximum atomic E-state index is 12.0. The number of carbonyl (C=O) groups is 1. The predicted octanol–water partition coefficient (Wildman–Crippen LogP) is 2.51. The summed E-state index contributed by atoms with van der Waals surface area (Å²) < 4.78 is 0. The second-order valence-electron chi connectivity index (χ2n) is 6.18. The molecule has 0 unspecified atom stereocenters. The molecule has 1 aliphatic rings. The van der Waals surface area contributed by atoms with Crippen molar-refractivity contribution < 1.29 is 9.72 Å². The Morgan fingerprint density at radius 1 is 1.33 bits per heavy atom. The van der Waals surface area contributed by atoms with Gasteiger partial charge in [-0.1, -0.05) is 18.9 Å². The third kappa shape index (κ3) is 5.07. The molecule has 1 aromatic rings. The van der Waals surface area contributed by atoms with Crippen LogP contribution in [0.4, 0.5) is 11.4 Å². The molecule has 8 heteroatoms. The minimum absolute atomic E-state index is 0. The number of anilines is 1. The molecule has 0 saturated heterocycles. The van der Waals surface area contributed by atoms with Crippen molar-refractivity contribution in [2.24, 2.45) is 5.73 Å². The number of aryl methyl sites for hydroxylation is 1. The van der Waals surface area contributed by atoms with Gasteiger partial charge in [-0.15, -0.1) is 12.4 Å². The van der Waals surface area contributed by atoms with Gasteiger partial charge in [-0.3, -0.25) is 14.9 Å². The van der Waals surface area contributed by atoms with Crippen LogP contribution in [0.5, 0.6) is 0 Å². The van der Waals surface area contributed by atoms with Crippen LogP contribution in [0.25, 0.3) is 0 Å². The molecule has 24 heavy (non-hydrogen) atoms. The number of halogens is 1. The Morgan fingerprint density at radius 3 is 2.62 bits per heavy atom. The third-order valence-electron chi connectivity index (χ3n) is 4.25. The van der Waals surface area contributed by atoms with Crippen molar-refractivity contribution in [2.45, 2.75) is 44.6 Å². The third-order valence-corrected chi connectivity index (χ3v) is 4.25. The van der Waals surface area contributed by atoms with E-state index in [0.717, 1.165) is 31.2 Å². The highest BCUT2D eigenvalue weighted by Crippen LogP contribution is 2.27. The van der Waals surface area contributed by atoms with E-state index < -0.39 is 10.5 Å². The number of nitrogens with one attached hydrogen (secondary N) is 2. The van der Waals surface area contributed by atoms with E-state index >= 15 is 0 Å². The number of benzene rings is 1. The van der Waals surface area contributed by atoms with E-state index in [-0.39, 0.29) is 24.0 Å². The van der Waals surface area contributed by atoms with Gasteiger partial charge >= 0.3 is 0 Å². The first-order valence-electron chi connectivity index (χ1n) is 7.98. The molecule has 4 N–H and O–H groups in total. The molecule has 0 spiro atoms. The summed E-state index contributed by atoms with van der Waals surface area (Å²) in [4.78, 5) is 22.7. The fraction of sp³-hybridized carbons (Fsp3) is 0.562. The Kier molecular flexibility index (Phi) is 7.44. The van der Waals surface area contributed by atoms with E-state index in [2.05, 4.69) is 10.6 Å². The van der Waals surface area contributed by atoms with Crippen molar-refractivity contribution >= 4 is 29.7 Å². The molecule has 0 aliphatic heterocycles. The lowest BCUT2D eigenvalue weighted by Crippen LogP contribution is -2.52. The Labute approximate surface area is 147 Å². The molecule has 1 amide bonds. The van der Waals surface area contributed by atoms with Crippen molar-refractivity contribution in [3.63, 3.8) is 0 Å². The van der Waals surface area contributed by atoms with Gasteiger partial charge in [0.05, 0.1) is 10.5 Å². The van der Waals surface area contributed by atoms with E-state index in [1.165, 1.54) is 0 Å². The quantitative estimate of drug-likeness (QED) is 0.395. The van der Waals surface area contributed by atoms with E-state index in [9.17, 15) is 14.9 Å². The second-order valence-corrected chi connectivity index (χ2v) is 6.18. The smallest absolute Gasteiger partial charge is 0.292 e. The highest BCUT2D eigenvalue weighted by Gasteiger charge is 2.36. The van der Waals surface area contributed by atoms with Crippen molar-refractivity contribution in [3.8, 4) is 0 Å². The largest absolute Gasteiger partial charge is 0.379 e. The summed E-state index contributed by atoms with van der Waals surface area (Å²) in [5.41, 5.74) is 6.78. The van der Waals surface area contributed by atoms with Gasteiger partial charge in [-0.05, 0) is 37.8 Å². The van der Waals surface area contributed by atoms with Crippen LogP contribution in [-0.4, -0.2) is 29.5 Å². The van der Waals surface area contributed by atoms with Crippen LogP contribution in [0.2, 0.25) is 0 Å². The monoisotopic (exact) mass is 356 g/mol. The molecular weight excluding hydrogens is 332 g/mol. The number of nitro benzene ring substituents is 1. The number of nitrogens with two attached hydrogens (primary N) is 1. The molecule has 0 heterocycles. The van der Waals surface area contributed by atoms with Gasteiger partial charge in [0, 0.05) is 19.2 Å². The first-order chi connectivity index (χ1) is 10.9. The van der Waals surface area contributed by atoms with Crippen LogP contribution >= 0.6 is 12.4 Å². The molecule has 2 rings (SSSR count). The lowest BCUT2D eigenvalue weighted by Gasteiger charge is -2.22. The van der Waals surface area contributed by atoms with E-state index in [1.807, 2.05) is 13.0 Å². The average molecular weight is 357 g/mol. The maximum Gasteiger partial charge on any atom is 0.292 e. The first-order valence-corrected chi connectivity index (χ1v) is 7.98. The minimum atomic E-state index is -0.705. The summed E-state index contributed by atoms with van der Waals surface area (Å²) >= 11 is 0. The number of hydrogen-bond donors (Lipinski definition) is 3. The molecule has 0 aromatic heterocycles. The summed E-state index contributed by atoms with van der Waals surface area (Å²) in [6.07, 6.45) is 4.16. The summed E-state index contributed by atoms with van der Waals surface area (Å²) in [6.45, 7) is 2.87. The normalized spacial score (nSPS) is 15.4. The molecule has 1 fully saturated rings. The highest BCUT2D eigenvalue weighted by atomic mass is 35.5. The minimum Gasteiger partial charge on any atom is -0.379 e. The van der Waals surface area contributed by atoms with Crippen LogP contribution < -0.4 is 16.4 Å². The van der Waals surface area contributed by atoms with Crippen molar-refractivity contribution in [3.05, 3.63) is 33.9 Å². The molecule has 1 aromatic carbocycles. The Bertz CT molecular complexity index is 589. The van der Waals surface area contributed by atoms with Crippen molar-refractivity contribution in [1.29, 1.82) is 0 Å². The SMILES string of the molecule is Cc1ccc(NCCCNC(=O)C2(N)CCCC2)c([N+](=O)[O-])c1.Cl. The lowest BCUT2D eigenvalue weighted by atomic mass is 9.98. The molecule has 1 aliphatic carbocycles. The van der Waals surface area contributed by atoms with Crippen LogP contribution in [0.15, 0.2) is 18.2 Å². The molecule has 0 bridgehead atoms. The van der Waals surface area contributed by atoms with Crippen LogP contribution in [0, 0.1) is 17.0 Å². The number of amides is 1. The first kappa shape index (κ1) is 20.2. The van der Waals surface area contributed by atoms with Gasteiger partial charge < -0.3 is 16.4 Å². The molecule has 1 saturated carbocycles. The average Bonchev–Trinajstić information content (AvgIpc) is 2.96. The summed E-state index contributed by atoms with van der Waals surface area (Å²) in [5.74, 6) is -0.0867. The van der Waals surface area contributed by atoms with Gasteiger partial charge in [0.1, 0.15) is 5.69 Å². The fourth-order valence-electron chi connectivity index (χ4n) is 2.86. The Balaban J connectivity index is 0.00000288. The Hall–Kier alpha value is -1.86. The predicted molar refractivity (Wildman–Crippen MR) is 96.6 cm³/mol. The summed E-state index contributed by atoms with van der Waals surface area (Å²) in [7, 11) is 0. The number of nitro groups is 1. The standard InChI is InChI=1S/C16H24N4O3.ClH/c1-12-5-6-13(14(11-12)20(22)23)18-9-4-10-19-15(21)16(17)7-2-3-8-16;/h5-6,11,18H,2-4,7-10,17H2,1H3,(H,19,21);1H. The summed E-state index contributed by atoms with van der Waals surface area (Å²) in [5, 5.41) is 16.9. The van der Waals surface area contributed by atoms with Gasteiger partial charge in [0.2, 0.25) is 5.91 Å². The van der Waals surface area contributed by atoms with Gasteiger partial charge in [0.25, 0.3) is 5.69 Å². The maximum absolute atomic E-state index is 12.0. The molecule has 0 radical (unpaired) electrons. The van der Waals surface area contributed by atoms with Gasteiger partial charge in [-0.25, -0.2) is 0 Å². The highest BCUT2D eigenvalue weighted by molar-refractivity contribution is 5.86. The molecular formula is C16H25ClN4O3. The number of nitrogens with zero attached hydrogens (tertiary/aromatic N) is 1. The second kappa shape index (κ2) is 8.84.